The van der Waals surface area contributed by atoms with Gasteiger partial charge in [-0.2, -0.15) is 0 Å². The largest absolute Gasteiger partial charge is 0.479 e. The highest BCUT2D eigenvalue weighted by Gasteiger charge is 2.51. The van der Waals surface area contributed by atoms with Gasteiger partial charge < -0.3 is 9.84 Å². The predicted molar refractivity (Wildman–Crippen MR) is 76.6 cm³/mol. The van der Waals surface area contributed by atoms with E-state index in [-0.39, 0.29) is 5.41 Å². The van der Waals surface area contributed by atoms with Gasteiger partial charge in [-0.3, -0.25) is 4.90 Å². The molecule has 1 aliphatic rings. The number of hydrogen-bond acceptors (Lipinski definition) is 3. The highest BCUT2D eigenvalue weighted by Crippen LogP contribution is 2.44. The van der Waals surface area contributed by atoms with Crippen molar-refractivity contribution in [3.63, 3.8) is 0 Å². The van der Waals surface area contributed by atoms with Crippen LogP contribution in [-0.4, -0.2) is 40.3 Å². The van der Waals surface area contributed by atoms with Crippen LogP contribution in [0.3, 0.4) is 0 Å². The van der Waals surface area contributed by atoms with Crippen LogP contribution in [0.15, 0.2) is 0 Å². The summed E-state index contributed by atoms with van der Waals surface area (Å²) in [6.07, 6.45) is 2.13. The minimum Gasteiger partial charge on any atom is -0.479 e. The summed E-state index contributed by atoms with van der Waals surface area (Å²) < 4.78 is 5.32. The Hall–Kier alpha value is -1.26. The third-order valence-corrected chi connectivity index (χ3v) is 3.92. The van der Waals surface area contributed by atoms with Crippen molar-refractivity contribution in [2.75, 3.05) is 7.05 Å². The molecule has 1 fully saturated rings. The summed E-state index contributed by atoms with van der Waals surface area (Å²) in [7, 11) is 1.53. The first-order valence-electron chi connectivity index (χ1n) is 7.10. The minimum absolute atomic E-state index is 0.0904. The van der Waals surface area contributed by atoms with Crippen molar-refractivity contribution in [1.29, 1.82) is 0 Å². The maximum atomic E-state index is 12.2. The van der Waals surface area contributed by atoms with Gasteiger partial charge >= 0.3 is 12.1 Å². The summed E-state index contributed by atoms with van der Waals surface area (Å²) in [5, 5.41) is 9.69. The fourth-order valence-electron chi connectivity index (χ4n) is 2.95. The third kappa shape index (κ3) is 3.64. The molecule has 1 aliphatic carbocycles. The molecule has 20 heavy (non-hydrogen) atoms. The van der Waals surface area contributed by atoms with Crippen molar-refractivity contribution in [3.8, 4) is 0 Å². The van der Waals surface area contributed by atoms with Gasteiger partial charge in [-0.05, 0) is 51.9 Å². The molecule has 0 spiro atoms. The zero-order valence-electron chi connectivity index (χ0n) is 13.4. The van der Waals surface area contributed by atoms with E-state index in [0.29, 0.717) is 12.8 Å². The molecule has 1 rings (SSSR count). The Balaban J connectivity index is 3.02. The average Bonchev–Trinajstić information content (AvgIpc) is 2.23. The molecule has 0 bridgehead atoms. The second-order valence-corrected chi connectivity index (χ2v) is 7.57. The molecule has 1 N–H and O–H groups in total. The van der Waals surface area contributed by atoms with Crippen LogP contribution in [-0.2, 0) is 9.53 Å². The van der Waals surface area contributed by atoms with E-state index in [2.05, 4.69) is 0 Å². The summed E-state index contributed by atoms with van der Waals surface area (Å²) in [6, 6.07) is 0. The Bertz CT molecular complexity index is 397. The second kappa shape index (κ2) is 5.26. The van der Waals surface area contributed by atoms with E-state index in [1.807, 2.05) is 13.8 Å². The summed E-state index contributed by atoms with van der Waals surface area (Å²) in [5.74, 6) is -0.946. The topological polar surface area (TPSA) is 66.8 Å². The number of nitrogens with zero attached hydrogens (tertiary/aromatic N) is 1. The van der Waals surface area contributed by atoms with Gasteiger partial charge in [0.2, 0.25) is 0 Å². The molecule has 0 aromatic carbocycles. The van der Waals surface area contributed by atoms with Crippen molar-refractivity contribution in [2.24, 2.45) is 5.41 Å². The quantitative estimate of drug-likeness (QED) is 0.845. The number of amides is 1. The molecule has 0 heterocycles. The number of carbonyl (C=O) groups excluding carboxylic acids is 1. The fourth-order valence-corrected chi connectivity index (χ4v) is 2.95. The first-order chi connectivity index (χ1) is 8.90. The molecule has 0 aromatic rings. The zero-order valence-corrected chi connectivity index (χ0v) is 13.4. The molecule has 0 aromatic heterocycles. The van der Waals surface area contributed by atoms with Crippen LogP contribution in [0, 0.1) is 5.41 Å². The Morgan fingerprint density at radius 3 is 2.15 bits per heavy atom. The van der Waals surface area contributed by atoms with Crippen LogP contribution < -0.4 is 0 Å². The van der Waals surface area contributed by atoms with Gasteiger partial charge in [0.25, 0.3) is 0 Å². The SMILES string of the molecule is CN(C(=O)OC(C)(C)C)C1(C(=O)O)CCCC(C)(C)C1. The molecular weight excluding hydrogens is 258 g/mol. The minimum atomic E-state index is -1.16. The summed E-state index contributed by atoms with van der Waals surface area (Å²) >= 11 is 0. The molecule has 1 atom stereocenters. The van der Waals surface area contributed by atoms with Crippen LogP contribution >= 0.6 is 0 Å². The number of carboxylic acids is 1. The highest BCUT2D eigenvalue weighted by atomic mass is 16.6. The molecule has 5 nitrogen and oxygen atoms in total. The van der Waals surface area contributed by atoms with Crippen LogP contribution in [0.25, 0.3) is 0 Å². The molecule has 0 radical (unpaired) electrons. The standard InChI is InChI=1S/C15H27NO4/c1-13(2,3)20-12(19)16(6)15(11(17)18)9-7-8-14(4,5)10-15/h7-10H2,1-6H3,(H,17,18). The Kier molecular flexibility index (Phi) is 4.42. The first kappa shape index (κ1) is 16.8. The smallest absolute Gasteiger partial charge is 0.410 e. The maximum absolute atomic E-state index is 12.2. The van der Waals surface area contributed by atoms with E-state index in [4.69, 9.17) is 4.74 Å². The van der Waals surface area contributed by atoms with E-state index in [0.717, 1.165) is 12.8 Å². The molecule has 1 unspecified atom stereocenters. The molecule has 0 aliphatic heterocycles. The number of carboxylic acid groups (broad SMARTS) is 1. The lowest BCUT2D eigenvalue weighted by atomic mass is 9.67. The zero-order chi connectivity index (χ0) is 15.8. The fraction of sp³-hybridized carbons (Fsp3) is 0.867. The second-order valence-electron chi connectivity index (χ2n) is 7.57. The Labute approximate surface area is 121 Å². The monoisotopic (exact) mass is 285 g/mol. The number of rotatable bonds is 2. The van der Waals surface area contributed by atoms with Gasteiger partial charge in [-0.15, -0.1) is 0 Å². The third-order valence-electron chi connectivity index (χ3n) is 3.92. The van der Waals surface area contributed by atoms with Gasteiger partial charge in [-0.25, -0.2) is 9.59 Å². The molecular formula is C15H27NO4. The van der Waals surface area contributed by atoms with Crippen molar-refractivity contribution in [2.45, 2.75) is 71.4 Å². The number of carbonyl (C=O) groups is 2. The molecule has 116 valence electrons. The lowest BCUT2D eigenvalue weighted by molar-refractivity contribution is -0.155. The lowest BCUT2D eigenvalue weighted by Gasteiger charge is -2.46. The highest BCUT2D eigenvalue weighted by molar-refractivity contribution is 5.84. The van der Waals surface area contributed by atoms with Gasteiger partial charge in [0.15, 0.2) is 0 Å². The van der Waals surface area contributed by atoms with E-state index in [9.17, 15) is 14.7 Å². The Morgan fingerprint density at radius 2 is 1.75 bits per heavy atom. The number of hydrogen-bond donors (Lipinski definition) is 1. The summed E-state index contributed by atoms with van der Waals surface area (Å²) in [4.78, 5) is 25.3. The maximum Gasteiger partial charge on any atom is 0.410 e. The van der Waals surface area contributed by atoms with E-state index in [1.54, 1.807) is 20.8 Å². The van der Waals surface area contributed by atoms with Crippen LogP contribution in [0.2, 0.25) is 0 Å². The molecule has 5 heteroatoms. The molecule has 0 saturated heterocycles. The van der Waals surface area contributed by atoms with E-state index < -0.39 is 23.2 Å². The van der Waals surface area contributed by atoms with Gasteiger partial charge in [-0.1, -0.05) is 13.8 Å². The average molecular weight is 285 g/mol. The predicted octanol–water partition coefficient (Wildman–Crippen LogP) is 3.28. The van der Waals surface area contributed by atoms with Crippen LogP contribution in [0.5, 0.6) is 0 Å². The Morgan fingerprint density at radius 1 is 1.20 bits per heavy atom. The normalized spacial score (nSPS) is 25.9. The van der Waals surface area contributed by atoms with Gasteiger partial charge in [0, 0.05) is 7.05 Å². The van der Waals surface area contributed by atoms with Crippen molar-refractivity contribution < 1.29 is 19.4 Å². The number of ether oxygens (including phenoxy) is 1. The van der Waals surface area contributed by atoms with Crippen LogP contribution in [0.1, 0.15) is 60.3 Å². The van der Waals surface area contributed by atoms with Crippen LogP contribution in [0.4, 0.5) is 4.79 Å². The summed E-state index contributed by atoms with van der Waals surface area (Å²) in [6.45, 7) is 9.42. The van der Waals surface area contributed by atoms with E-state index >= 15 is 0 Å². The van der Waals surface area contributed by atoms with Crippen molar-refractivity contribution >= 4 is 12.1 Å². The summed E-state index contributed by atoms with van der Waals surface area (Å²) in [5.41, 5.74) is -1.88. The van der Waals surface area contributed by atoms with Gasteiger partial charge in [0.05, 0.1) is 0 Å². The lowest BCUT2D eigenvalue weighted by Crippen LogP contribution is -2.59. The van der Waals surface area contributed by atoms with Crippen molar-refractivity contribution in [1.82, 2.24) is 4.90 Å². The molecule has 1 amide bonds. The number of likely N-dealkylation sites (N-methyl/N-ethyl adjacent to an activating group) is 1. The van der Waals surface area contributed by atoms with E-state index in [1.165, 1.54) is 11.9 Å². The molecule has 1 saturated carbocycles. The number of aliphatic carboxylic acids is 1. The van der Waals surface area contributed by atoms with Crippen molar-refractivity contribution in [3.05, 3.63) is 0 Å². The first-order valence-corrected chi connectivity index (χ1v) is 7.10. The van der Waals surface area contributed by atoms with Gasteiger partial charge in [0.1, 0.15) is 11.1 Å².